The molecule has 0 bridgehead atoms. The summed E-state index contributed by atoms with van der Waals surface area (Å²) >= 11 is 0. The molecule has 0 fully saturated rings. The molecule has 0 atom stereocenters. The molecule has 1 aromatic rings. The van der Waals surface area contributed by atoms with E-state index in [1.165, 1.54) is 0 Å². The summed E-state index contributed by atoms with van der Waals surface area (Å²) in [5.74, 6) is 0. The smallest absolute Gasteiger partial charge is 0.114 e. The summed E-state index contributed by atoms with van der Waals surface area (Å²) < 4.78 is 4.80. The molecule has 0 aliphatic rings. The molecule has 74 valence electrons. The lowest BCUT2D eigenvalue weighted by Gasteiger charge is -2.21. The Morgan fingerprint density at radius 1 is 0.769 bits per heavy atom. The molecule has 0 unspecified atom stereocenters. The molecule has 0 saturated carbocycles. The van der Waals surface area contributed by atoms with E-state index in [4.69, 9.17) is 4.63 Å². The first-order chi connectivity index (χ1) is 5.73. The van der Waals surface area contributed by atoms with Gasteiger partial charge in [0.25, 0.3) is 0 Å². The number of hydrogen-bond donors (Lipinski definition) is 0. The molecule has 0 aromatic carbocycles. The van der Waals surface area contributed by atoms with Crippen LogP contribution in [0.25, 0.3) is 0 Å². The minimum Gasteiger partial charge on any atom is -0.244 e. The highest BCUT2D eigenvalue weighted by molar-refractivity contribution is 5.23. The minimum atomic E-state index is 0.00259. The van der Waals surface area contributed by atoms with Crippen molar-refractivity contribution < 1.29 is 4.63 Å². The predicted molar refractivity (Wildman–Crippen MR) is 51.7 cm³/mol. The fraction of sp³-hybridized carbons (Fsp3) is 0.800. The van der Waals surface area contributed by atoms with Crippen molar-refractivity contribution in [3.63, 3.8) is 0 Å². The van der Waals surface area contributed by atoms with E-state index in [1.807, 2.05) is 0 Å². The molecule has 1 aromatic heterocycles. The van der Waals surface area contributed by atoms with Gasteiger partial charge < -0.3 is 0 Å². The topological polar surface area (TPSA) is 38.9 Å². The van der Waals surface area contributed by atoms with Crippen molar-refractivity contribution in [2.75, 3.05) is 0 Å². The van der Waals surface area contributed by atoms with E-state index in [-0.39, 0.29) is 10.8 Å². The second-order valence-electron chi connectivity index (χ2n) is 5.46. The van der Waals surface area contributed by atoms with E-state index >= 15 is 0 Å². The monoisotopic (exact) mass is 182 g/mol. The lowest BCUT2D eigenvalue weighted by atomic mass is 9.82. The summed E-state index contributed by atoms with van der Waals surface area (Å²) in [6.45, 7) is 12.7. The third-order valence-corrected chi connectivity index (χ3v) is 1.91. The molecule has 0 aliphatic carbocycles. The largest absolute Gasteiger partial charge is 0.244 e. The van der Waals surface area contributed by atoms with Gasteiger partial charge in [0, 0.05) is 10.8 Å². The number of hydrogen-bond acceptors (Lipinski definition) is 3. The van der Waals surface area contributed by atoms with Gasteiger partial charge in [-0.3, -0.25) is 0 Å². The molecule has 0 aliphatic heterocycles. The Bertz CT molecular complexity index is 260. The van der Waals surface area contributed by atoms with Crippen molar-refractivity contribution in [2.45, 2.75) is 52.4 Å². The Balaban J connectivity index is 3.19. The van der Waals surface area contributed by atoms with E-state index in [0.717, 1.165) is 11.4 Å². The average Bonchev–Trinajstić information content (AvgIpc) is 2.27. The van der Waals surface area contributed by atoms with Crippen molar-refractivity contribution >= 4 is 0 Å². The molecule has 3 heteroatoms. The Morgan fingerprint density at radius 3 is 1.31 bits per heavy atom. The zero-order chi connectivity index (χ0) is 10.3. The van der Waals surface area contributed by atoms with Crippen molar-refractivity contribution in [3.8, 4) is 0 Å². The molecule has 0 saturated heterocycles. The third kappa shape index (κ3) is 2.08. The van der Waals surface area contributed by atoms with Gasteiger partial charge in [0.2, 0.25) is 0 Å². The highest BCUT2D eigenvalue weighted by atomic mass is 16.6. The predicted octanol–water partition coefficient (Wildman–Crippen LogP) is 2.66. The van der Waals surface area contributed by atoms with Crippen LogP contribution in [0.5, 0.6) is 0 Å². The summed E-state index contributed by atoms with van der Waals surface area (Å²) in [5.41, 5.74) is 1.92. The Morgan fingerprint density at radius 2 is 1.08 bits per heavy atom. The lowest BCUT2D eigenvalue weighted by Crippen LogP contribution is -2.21. The highest BCUT2D eigenvalue weighted by Gasteiger charge is 2.30. The molecular formula is C10H18N2O. The van der Waals surface area contributed by atoms with Gasteiger partial charge in [-0.25, -0.2) is 4.63 Å². The fourth-order valence-corrected chi connectivity index (χ4v) is 1.17. The van der Waals surface area contributed by atoms with Crippen LogP contribution in [-0.4, -0.2) is 10.3 Å². The van der Waals surface area contributed by atoms with Crippen molar-refractivity contribution in [1.82, 2.24) is 10.3 Å². The van der Waals surface area contributed by atoms with Gasteiger partial charge in [0.1, 0.15) is 11.4 Å². The van der Waals surface area contributed by atoms with Crippen LogP contribution in [0.15, 0.2) is 4.63 Å². The zero-order valence-electron chi connectivity index (χ0n) is 9.30. The van der Waals surface area contributed by atoms with Gasteiger partial charge in [0.05, 0.1) is 0 Å². The maximum Gasteiger partial charge on any atom is 0.114 e. The van der Waals surface area contributed by atoms with Crippen LogP contribution in [-0.2, 0) is 10.8 Å². The first kappa shape index (κ1) is 10.2. The van der Waals surface area contributed by atoms with Gasteiger partial charge in [-0.2, -0.15) is 0 Å². The molecule has 3 nitrogen and oxygen atoms in total. The van der Waals surface area contributed by atoms with Gasteiger partial charge in [-0.1, -0.05) is 51.9 Å². The second-order valence-corrected chi connectivity index (χ2v) is 5.46. The first-order valence-corrected chi connectivity index (χ1v) is 4.56. The quantitative estimate of drug-likeness (QED) is 0.619. The number of aromatic nitrogens is 2. The molecule has 1 rings (SSSR count). The summed E-state index contributed by atoms with van der Waals surface area (Å²) in [6.07, 6.45) is 0. The van der Waals surface area contributed by atoms with Crippen LogP contribution < -0.4 is 0 Å². The molecule has 13 heavy (non-hydrogen) atoms. The first-order valence-electron chi connectivity index (χ1n) is 4.56. The number of rotatable bonds is 0. The molecule has 0 spiro atoms. The number of nitrogens with zero attached hydrogens (tertiary/aromatic N) is 2. The van der Waals surface area contributed by atoms with Crippen molar-refractivity contribution in [1.29, 1.82) is 0 Å². The average molecular weight is 182 g/mol. The van der Waals surface area contributed by atoms with Crippen LogP contribution in [0.4, 0.5) is 0 Å². The van der Waals surface area contributed by atoms with E-state index in [1.54, 1.807) is 0 Å². The van der Waals surface area contributed by atoms with Crippen molar-refractivity contribution in [3.05, 3.63) is 11.4 Å². The summed E-state index contributed by atoms with van der Waals surface area (Å²) in [6, 6.07) is 0. The van der Waals surface area contributed by atoms with E-state index in [9.17, 15) is 0 Å². The standard InChI is InChI=1S/C10H18N2O/c1-9(2,3)7-8(10(4,5)6)12-13-11-7/h1-6H3. The second kappa shape index (κ2) is 2.82. The Kier molecular flexibility index (Phi) is 2.22. The SMILES string of the molecule is CC(C)(C)c1nonc1C(C)(C)C. The van der Waals surface area contributed by atoms with Gasteiger partial charge >= 0.3 is 0 Å². The maximum atomic E-state index is 4.80. The minimum absolute atomic E-state index is 0.00259. The molecule has 0 N–H and O–H groups in total. The van der Waals surface area contributed by atoms with Crippen LogP contribution in [0.1, 0.15) is 52.9 Å². The Hall–Kier alpha value is -0.860. The van der Waals surface area contributed by atoms with Crippen molar-refractivity contribution in [2.24, 2.45) is 0 Å². The maximum absolute atomic E-state index is 4.80. The normalized spacial score (nSPS) is 13.4. The molecule has 0 amide bonds. The molecular weight excluding hydrogens is 164 g/mol. The molecule has 1 heterocycles. The third-order valence-electron chi connectivity index (χ3n) is 1.91. The van der Waals surface area contributed by atoms with Crippen LogP contribution in [0, 0.1) is 0 Å². The summed E-state index contributed by atoms with van der Waals surface area (Å²) in [4.78, 5) is 0. The van der Waals surface area contributed by atoms with Gasteiger partial charge in [0.15, 0.2) is 0 Å². The highest BCUT2D eigenvalue weighted by Crippen LogP contribution is 2.30. The molecule has 0 radical (unpaired) electrons. The van der Waals surface area contributed by atoms with Crippen LogP contribution in [0.3, 0.4) is 0 Å². The summed E-state index contributed by atoms with van der Waals surface area (Å²) in [5, 5.41) is 7.94. The van der Waals surface area contributed by atoms with Crippen LogP contribution >= 0.6 is 0 Å². The zero-order valence-corrected chi connectivity index (χ0v) is 9.30. The fourth-order valence-electron chi connectivity index (χ4n) is 1.17. The van der Waals surface area contributed by atoms with E-state index in [0.29, 0.717) is 0 Å². The van der Waals surface area contributed by atoms with Crippen LogP contribution in [0.2, 0.25) is 0 Å². The van der Waals surface area contributed by atoms with Gasteiger partial charge in [-0.15, -0.1) is 0 Å². The van der Waals surface area contributed by atoms with Gasteiger partial charge in [-0.05, 0) is 0 Å². The lowest BCUT2D eigenvalue weighted by molar-refractivity contribution is 0.290. The Labute approximate surface area is 79.5 Å². The summed E-state index contributed by atoms with van der Waals surface area (Å²) in [7, 11) is 0. The van der Waals surface area contributed by atoms with E-state index in [2.05, 4.69) is 51.9 Å². The van der Waals surface area contributed by atoms with E-state index < -0.39 is 0 Å².